The van der Waals surface area contributed by atoms with Crippen molar-refractivity contribution in [2.45, 2.75) is 187 Å². The molecule has 24 rings (SSSR count). The van der Waals surface area contributed by atoms with Crippen molar-refractivity contribution in [2.75, 3.05) is 0 Å². The normalized spacial score (nSPS) is 14.5. The fourth-order valence-electron chi connectivity index (χ4n) is 16.9. The maximum absolute atomic E-state index is 13.5. The number of halogens is 5. The van der Waals surface area contributed by atoms with Gasteiger partial charge >= 0.3 is 0 Å². The molecule has 4 saturated carbocycles. The number of para-hydroxylation sites is 1. The summed E-state index contributed by atoms with van der Waals surface area (Å²) in [5.74, 6) is -0.789. The summed E-state index contributed by atoms with van der Waals surface area (Å²) in [6.45, 7) is 0. The molecule has 133 heavy (non-hydrogen) atoms. The molecule has 666 valence electrons. The van der Waals surface area contributed by atoms with Gasteiger partial charge in [0, 0.05) is 83.2 Å². The SMILES string of the molecule is Brc1ccc2ncnc(SC3CCCC3)c2c1.Clc1ccc2ncnc(SC3CCCC3)c2c1.Fc1ccc2ncnc(SC3Cc4ccccc4C3)c2c1.Fc1ccc2ncnc(Sc3cccc4ccccc34)c2c1.Fc1ccc2ncnc(Sc3ccccc3)c2c1.c1ccc(-c2ccc3ncnc(SC4CCCC4)c3c2)cc1.c1ccc2c(SC3CCCC3)ncnc2c1. The highest BCUT2D eigenvalue weighted by Gasteiger charge is 2.26. The smallest absolute Gasteiger partial charge is 0.124 e. The van der Waals surface area contributed by atoms with Crippen molar-refractivity contribution in [3.05, 3.63) is 343 Å². The molecule has 0 aliphatic heterocycles. The lowest BCUT2D eigenvalue weighted by Gasteiger charge is -2.11. The number of nitrogens with zero attached hydrogens (tertiary/aromatic N) is 14. The van der Waals surface area contributed by atoms with Crippen molar-refractivity contribution < 1.29 is 13.2 Å². The highest BCUT2D eigenvalue weighted by atomic mass is 79.9. The van der Waals surface area contributed by atoms with E-state index < -0.39 is 0 Å². The third kappa shape index (κ3) is 24.7. The summed E-state index contributed by atoms with van der Waals surface area (Å²) >= 11 is 22.0. The first-order valence-corrected chi connectivity index (χ1v) is 51.9. The molecule has 5 aliphatic rings. The van der Waals surface area contributed by atoms with E-state index in [2.05, 4.69) is 207 Å². The molecule has 14 nitrogen and oxygen atoms in total. The maximum Gasteiger partial charge on any atom is 0.124 e. The second kappa shape index (κ2) is 46.0. The molecule has 12 aromatic carbocycles. The Morgan fingerprint density at radius 1 is 0.256 bits per heavy atom. The van der Waals surface area contributed by atoms with Gasteiger partial charge in [-0.1, -0.05) is 236 Å². The minimum atomic E-state index is -0.276. The summed E-state index contributed by atoms with van der Waals surface area (Å²) in [7, 11) is 0. The van der Waals surface area contributed by atoms with Gasteiger partial charge in [-0.2, -0.15) is 0 Å². The standard InChI is InChI=1S/C19H18N2S.C18H11FN2S.C17H13FN2S.C14H9FN2S.C13H13BrN2S.C13H13ClN2S.C13H14N2S/c1-2-6-14(7-3-1)15-10-11-18-17(12-15)19(21-13-20-18)22-16-8-4-5-9-16;19-13-8-9-16-15(10-13)18(21-11-20-16)22-17-7-3-5-12-4-1-2-6-14(12)17;18-13-5-6-16-15(9-13)17(20-10-19-16)21-14-7-11-3-1-2-4-12(11)8-14;15-10-6-7-13-12(8-10)14(17-9-16-13)18-11-4-2-1-3-5-11;2*14-9-5-6-12-11(7-9)13(16-8-15-12)17-10-3-1-2-4-10;1-2-6-10(5-1)16-13-11-7-3-4-8-12(11)14-9-15-13/h1-3,6-7,10-13,16H,4-5,8-9H2;1-11H;1-6,9-10,14H,7-8H2;1-9H;2*5-8,10H,1-4H2;3-4,7-10H,1-2,5-6H2. The molecule has 0 bridgehead atoms. The molecule has 26 heteroatoms. The van der Waals surface area contributed by atoms with Crippen LogP contribution in [0.5, 0.6) is 0 Å². The van der Waals surface area contributed by atoms with Gasteiger partial charge in [-0.05, 0) is 225 Å². The Morgan fingerprint density at radius 2 is 0.594 bits per heavy atom. The first-order valence-electron chi connectivity index (χ1n) is 44.7. The number of aromatic nitrogens is 14. The molecular formula is C107H91BrClF3N14S7. The lowest BCUT2D eigenvalue weighted by Crippen LogP contribution is -2.02. The van der Waals surface area contributed by atoms with Gasteiger partial charge < -0.3 is 0 Å². The number of hydrogen-bond acceptors (Lipinski definition) is 21. The number of thioether (sulfide) groups is 5. The third-order valence-corrected chi connectivity index (χ3v) is 33.0. The average Bonchev–Trinajstić information content (AvgIpc) is 1.80. The summed E-state index contributed by atoms with van der Waals surface area (Å²) in [5, 5.41) is 20.3. The van der Waals surface area contributed by atoms with Crippen molar-refractivity contribution in [2.24, 2.45) is 0 Å². The molecule has 4 fully saturated rings. The molecule has 0 spiro atoms. The fourth-order valence-corrected chi connectivity index (χ4v) is 25.7. The van der Waals surface area contributed by atoms with E-state index in [1.54, 1.807) is 61.6 Å². The Bertz CT molecular complexity index is 7080. The van der Waals surface area contributed by atoms with Gasteiger partial charge in [0.15, 0.2) is 0 Å². The Balaban J connectivity index is 0.000000104. The van der Waals surface area contributed by atoms with Crippen LogP contribution in [0.15, 0.2) is 355 Å². The molecule has 5 aliphatic carbocycles. The highest BCUT2D eigenvalue weighted by molar-refractivity contribution is 9.10. The lowest BCUT2D eigenvalue weighted by molar-refractivity contribution is 0.629. The predicted molar refractivity (Wildman–Crippen MR) is 549 cm³/mol. The second-order valence-electron chi connectivity index (χ2n) is 32.7. The zero-order chi connectivity index (χ0) is 90.4. The average molecular weight is 1970 g/mol. The van der Waals surface area contributed by atoms with E-state index in [9.17, 15) is 13.2 Å². The van der Waals surface area contributed by atoms with Crippen LogP contribution in [-0.2, 0) is 12.8 Å². The van der Waals surface area contributed by atoms with E-state index in [1.807, 2.05) is 132 Å². The number of hydrogen-bond donors (Lipinski definition) is 0. The van der Waals surface area contributed by atoms with Gasteiger partial charge in [0.25, 0.3) is 0 Å². The van der Waals surface area contributed by atoms with E-state index in [4.69, 9.17) is 11.6 Å². The minimum Gasteiger partial charge on any atom is -0.236 e. The summed E-state index contributed by atoms with van der Waals surface area (Å²) in [6, 6.07) is 83.8. The van der Waals surface area contributed by atoms with Crippen molar-refractivity contribution in [3.8, 4) is 11.1 Å². The monoisotopic (exact) mass is 1970 g/mol. The third-order valence-electron chi connectivity index (χ3n) is 23.5. The molecule has 0 amide bonds. The fraction of sp³-hybridized carbons (Fsp3) is 0.215. The van der Waals surface area contributed by atoms with E-state index in [0.29, 0.717) is 10.5 Å². The van der Waals surface area contributed by atoms with Crippen molar-refractivity contribution >= 4 is 197 Å². The van der Waals surface area contributed by atoms with Gasteiger partial charge in [-0.15, -0.1) is 58.8 Å². The van der Waals surface area contributed by atoms with E-state index >= 15 is 0 Å². The van der Waals surface area contributed by atoms with E-state index in [1.165, 1.54) is 219 Å². The largest absolute Gasteiger partial charge is 0.236 e. The lowest BCUT2D eigenvalue weighted by atomic mass is 10.0. The quantitative estimate of drug-likeness (QED) is 0.0883. The number of rotatable bonds is 15. The van der Waals surface area contributed by atoms with Crippen LogP contribution >= 0.6 is 110 Å². The van der Waals surface area contributed by atoms with Gasteiger partial charge in [-0.3, -0.25) is 0 Å². The number of benzene rings is 12. The van der Waals surface area contributed by atoms with Crippen LogP contribution in [0, 0.1) is 17.5 Å². The van der Waals surface area contributed by atoms with Crippen LogP contribution in [-0.4, -0.2) is 96.0 Å². The zero-order valence-corrected chi connectivity index (χ0v) is 80.5. The Kier molecular flexibility index (Phi) is 32.1. The molecule has 7 aromatic heterocycles. The molecule has 0 unspecified atom stereocenters. The van der Waals surface area contributed by atoms with Gasteiger partial charge in [-0.25, -0.2) is 82.9 Å². The molecule has 7 heterocycles. The zero-order valence-electron chi connectivity index (χ0n) is 72.5. The molecule has 0 radical (unpaired) electrons. The van der Waals surface area contributed by atoms with Crippen molar-refractivity contribution in [3.63, 3.8) is 0 Å². The van der Waals surface area contributed by atoms with Crippen LogP contribution in [0.3, 0.4) is 0 Å². The number of fused-ring (bicyclic) bond motifs is 9. The Hall–Kier alpha value is -10.7. The summed E-state index contributed by atoms with van der Waals surface area (Å²) in [6.07, 6.45) is 34.8. The van der Waals surface area contributed by atoms with Crippen molar-refractivity contribution in [1.29, 1.82) is 0 Å². The maximum atomic E-state index is 13.5. The molecule has 0 saturated heterocycles. The van der Waals surface area contributed by atoms with Crippen LogP contribution in [0.25, 0.3) is 98.2 Å². The second-order valence-corrected chi connectivity index (χ2v) is 42.6. The van der Waals surface area contributed by atoms with E-state index in [-0.39, 0.29) is 17.5 Å². The summed E-state index contributed by atoms with van der Waals surface area (Å²) in [4.78, 5) is 62.8. The molecule has 19 aromatic rings. The van der Waals surface area contributed by atoms with Crippen LogP contribution in [0.1, 0.15) is 114 Å². The predicted octanol–water partition coefficient (Wildman–Crippen LogP) is 30.8. The summed E-state index contributed by atoms with van der Waals surface area (Å²) in [5.41, 5.74) is 11.7. The molecular weight excluding hydrogens is 1880 g/mol. The molecule has 0 N–H and O–H groups in total. The van der Waals surface area contributed by atoms with Gasteiger partial charge in [0.1, 0.15) is 96.9 Å². The van der Waals surface area contributed by atoms with Crippen molar-refractivity contribution in [1.82, 2.24) is 69.8 Å². The van der Waals surface area contributed by atoms with Gasteiger partial charge in [0.2, 0.25) is 0 Å². The Labute approximate surface area is 813 Å². The van der Waals surface area contributed by atoms with Gasteiger partial charge in [0.05, 0.1) is 38.6 Å². The Morgan fingerprint density at radius 3 is 1.08 bits per heavy atom. The highest BCUT2D eigenvalue weighted by Crippen LogP contribution is 2.44. The minimum absolute atomic E-state index is 0.242. The first kappa shape index (κ1) is 92.7. The van der Waals surface area contributed by atoms with Crippen LogP contribution in [0.4, 0.5) is 13.2 Å². The van der Waals surface area contributed by atoms with Crippen LogP contribution in [0.2, 0.25) is 5.02 Å². The first-order chi connectivity index (χ1) is 65.4. The van der Waals surface area contributed by atoms with E-state index in [0.717, 1.165) is 149 Å². The molecule has 0 atom stereocenters. The van der Waals surface area contributed by atoms with Crippen LogP contribution < -0.4 is 0 Å². The topological polar surface area (TPSA) is 180 Å². The summed E-state index contributed by atoms with van der Waals surface area (Å²) < 4.78 is 41.4.